The first-order chi connectivity index (χ1) is 5.36. The van der Waals surface area contributed by atoms with E-state index in [9.17, 15) is 0 Å². The van der Waals surface area contributed by atoms with Crippen molar-refractivity contribution >= 4 is 0 Å². The molecule has 2 nitrogen and oxygen atoms in total. The van der Waals surface area contributed by atoms with Crippen molar-refractivity contribution in [2.45, 2.75) is 13.2 Å². The van der Waals surface area contributed by atoms with Gasteiger partial charge < -0.3 is 10.5 Å². The van der Waals surface area contributed by atoms with Crippen molar-refractivity contribution < 1.29 is 4.74 Å². The molecule has 2 heteroatoms. The van der Waals surface area contributed by atoms with E-state index < -0.39 is 0 Å². The SMILES string of the molecule is COCc1[c]c(CN)ccc1. The summed E-state index contributed by atoms with van der Waals surface area (Å²) in [6, 6.07) is 9.04. The van der Waals surface area contributed by atoms with Crippen LogP contribution in [0.4, 0.5) is 0 Å². The summed E-state index contributed by atoms with van der Waals surface area (Å²) in [5.41, 5.74) is 7.52. The van der Waals surface area contributed by atoms with Gasteiger partial charge in [0.2, 0.25) is 0 Å². The molecule has 0 aliphatic rings. The van der Waals surface area contributed by atoms with Gasteiger partial charge in [-0.05, 0) is 17.2 Å². The summed E-state index contributed by atoms with van der Waals surface area (Å²) in [6.45, 7) is 1.14. The number of hydrogen-bond donors (Lipinski definition) is 1. The van der Waals surface area contributed by atoms with Crippen molar-refractivity contribution in [2.24, 2.45) is 5.73 Å². The number of rotatable bonds is 3. The number of hydrogen-bond acceptors (Lipinski definition) is 2. The Labute approximate surface area is 67.0 Å². The van der Waals surface area contributed by atoms with Gasteiger partial charge in [0, 0.05) is 13.7 Å². The van der Waals surface area contributed by atoms with E-state index in [-0.39, 0.29) is 0 Å². The van der Waals surface area contributed by atoms with E-state index in [1.807, 2.05) is 18.2 Å². The van der Waals surface area contributed by atoms with Crippen molar-refractivity contribution in [1.82, 2.24) is 0 Å². The first kappa shape index (κ1) is 8.24. The van der Waals surface area contributed by atoms with Crippen LogP contribution in [-0.4, -0.2) is 7.11 Å². The second-order valence-electron chi connectivity index (χ2n) is 2.34. The Bertz CT molecular complexity index is 223. The van der Waals surface area contributed by atoms with E-state index in [1.54, 1.807) is 7.11 Å². The summed E-state index contributed by atoms with van der Waals surface area (Å²) < 4.78 is 4.96. The lowest BCUT2D eigenvalue weighted by molar-refractivity contribution is 0.184. The first-order valence-corrected chi connectivity index (χ1v) is 3.56. The molecule has 0 saturated carbocycles. The van der Waals surface area contributed by atoms with Gasteiger partial charge in [-0.2, -0.15) is 0 Å². The van der Waals surface area contributed by atoms with Crippen molar-refractivity contribution in [3.05, 3.63) is 35.4 Å². The average molecular weight is 150 g/mol. The van der Waals surface area contributed by atoms with Gasteiger partial charge in [-0.15, -0.1) is 0 Å². The van der Waals surface area contributed by atoms with Crippen molar-refractivity contribution in [1.29, 1.82) is 0 Å². The second-order valence-corrected chi connectivity index (χ2v) is 2.34. The van der Waals surface area contributed by atoms with E-state index in [2.05, 4.69) is 6.07 Å². The highest BCUT2D eigenvalue weighted by Crippen LogP contribution is 2.03. The van der Waals surface area contributed by atoms with Crippen LogP contribution in [-0.2, 0) is 17.9 Å². The summed E-state index contributed by atoms with van der Waals surface area (Å²) in [5.74, 6) is 0. The molecule has 0 spiro atoms. The number of nitrogens with two attached hydrogens (primary N) is 1. The Hall–Kier alpha value is -0.860. The minimum absolute atomic E-state index is 0.539. The lowest BCUT2D eigenvalue weighted by atomic mass is 10.1. The Kier molecular flexibility index (Phi) is 3.08. The third-order valence-corrected chi connectivity index (χ3v) is 1.44. The van der Waals surface area contributed by atoms with Gasteiger partial charge in [0.05, 0.1) is 6.61 Å². The van der Waals surface area contributed by atoms with Crippen LogP contribution in [0.5, 0.6) is 0 Å². The van der Waals surface area contributed by atoms with E-state index in [0.29, 0.717) is 13.2 Å². The number of ether oxygens (including phenoxy) is 1. The monoisotopic (exact) mass is 150 g/mol. The molecule has 2 N–H and O–H groups in total. The van der Waals surface area contributed by atoms with Crippen LogP contribution in [0.2, 0.25) is 0 Å². The molecular weight excluding hydrogens is 138 g/mol. The Morgan fingerprint density at radius 2 is 2.18 bits per heavy atom. The summed E-state index contributed by atoms with van der Waals surface area (Å²) in [6.07, 6.45) is 0. The molecule has 0 aromatic heterocycles. The minimum Gasteiger partial charge on any atom is -0.380 e. The smallest absolute Gasteiger partial charge is 0.0719 e. The predicted octanol–water partition coefficient (Wildman–Crippen LogP) is 1.09. The highest BCUT2D eigenvalue weighted by Gasteiger charge is 1.93. The zero-order valence-corrected chi connectivity index (χ0v) is 6.63. The normalized spacial score (nSPS) is 10.0. The van der Waals surface area contributed by atoms with Crippen LogP contribution >= 0.6 is 0 Å². The minimum atomic E-state index is 0.539. The van der Waals surface area contributed by atoms with Crippen LogP contribution in [0.3, 0.4) is 0 Å². The number of methoxy groups -OCH3 is 1. The van der Waals surface area contributed by atoms with Gasteiger partial charge >= 0.3 is 0 Å². The zero-order chi connectivity index (χ0) is 8.10. The molecule has 0 aliphatic carbocycles. The predicted molar refractivity (Wildman–Crippen MR) is 43.9 cm³/mol. The maximum atomic E-state index is 5.44. The summed E-state index contributed by atoms with van der Waals surface area (Å²) >= 11 is 0. The lowest BCUT2D eigenvalue weighted by Crippen LogP contribution is -1.97. The largest absolute Gasteiger partial charge is 0.380 e. The van der Waals surface area contributed by atoms with Crippen LogP contribution in [0.1, 0.15) is 11.1 Å². The van der Waals surface area contributed by atoms with Gasteiger partial charge in [0.15, 0.2) is 0 Å². The Morgan fingerprint density at radius 1 is 1.45 bits per heavy atom. The molecule has 0 atom stereocenters. The molecule has 1 rings (SSSR count). The fourth-order valence-corrected chi connectivity index (χ4v) is 0.929. The van der Waals surface area contributed by atoms with Crippen LogP contribution in [0.15, 0.2) is 18.2 Å². The van der Waals surface area contributed by atoms with Crippen molar-refractivity contribution in [3.8, 4) is 0 Å². The molecule has 0 bridgehead atoms. The molecular formula is C9H12NO. The molecule has 1 aromatic carbocycles. The third-order valence-electron chi connectivity index (χ3n) is 1.44. The molecule has 0 aliphatic heterocycles. The van der Waals surface area contributed by atoms with Crippen LogP contribution < -0.4 is 5.73 Å². The van der Waals surface area contributed by atoms with Gasteiger partial charge in [-0.1, -0.05) is 18.2 Å². The van der Waals surface area contributed by atoms with Gasteiger partial charge in [-0.3, -0.25) is 0 Å². The van der Waals surface area contributed by atoms with Crippen molar-refractivity contribution in [2.75, 3.05) is 7.11 Å². The lowest BCUT2D eigenvalue weighted by Gasteiger charge is -2.00. The highest BCUT2D eigenvalue weighted by atomic mass is 16.5. The molecule has 1 radical (unpaired) electrons. The van der Waals surface area contributed by atoms with Crippen LogP contribution in [0, 0.1) is 6.07 Å². The summed E-state index contributed by atoms with van der Waals surface area (Å²) in [4.78, 5) is 0. The Morgan fingerprint density at radius 3 is 2.82 bits per heavy atom. The maximum absolute atomic E-state index is 5.44. The Balaban J connectivity index is 2.74. The second kappa shape index (κ2) is 4.11. The average Bonchev–Trinajstić information content (AvgIpc) is 2.06. The van der Waals surface area contributed by atoms with E-state index in [0.717, 1.165) is 11.1 Å². The van der Waals surface area contributed by atoms with E-state index >= 15 is 0 Å². The zero-order valence-electron chi connectivity index (χ0n) is 6.63. The molecule has 0 heterocycles. The molecule has 0 amide bonds. The van der Waals surface area contributed by atoms with Gasteiger partial charge in [0.1, 0.15) is 0 Å². The third kappa shape index (κ3) is 2.33. The standard InChI is InChI=1S/C9H12NO/c1-11-7-9-4-2-3-8(5-9)6-10/h2-4H,6-7,10H2,1H3. The number of benzene rings is 1. The summed E-state index contributed by atoms with van der Waals surface area (Å²) in [7, 11) is 1.67. The topological polar surface area (TPSA) is 35.2 Å². The van der Waals surface area contributed by atoms with Crippen LogP contribution in [0.25, 0.3) is 0 Å². The summed E-state index contributed by atoms with van der Waals surface area (Å²) in [5, 5.41) is 0. The van der Waals surface area contributed by atoms with Gasteiger partial charge in [0.25, 0.3) is 0 Å². The molecule has 0 unspecified atom stereocenters. The highest BCUT2D eigenvalue weighted by molar-refractivity contribution is 5.20. The van der Waals surface area contributed by atoms with E-state index in [1.165, 1.54) is 0 Å². The van der Waals surface area contributed by atoms with E-state index in [4.69, 9.17) is 10.5 Å². The quantitative estimate of drug-likeness (QED) is 0.700. The molecule has 1 aromatic rings. The molecule has 0 saturated heterocycles. The fourth-order valence-electron chi connectivity index (χ4n) is 0.929. The molecule has 0 fully saturated rings. The maximum Gasteiger partial charge on any atom is 0.0719 e. The van der Waals surface area contributed by atoms with Gasteiger partial charge in [-0.25, -0.2) is 0 Å². The molecule has 11 heavy (non-hydrogen) atoms. The fraction of sp³-hybridized carbons (Fsp3) is 0.333. The first-order valence-electron chi connectivity index (χ1n) is 3.56. The van der Waals surface area contributed by atoms with Crippen molar-refractivity contribution in [3.63, 3.8) is 0 Å². The molecule has 59 valence electrons.